The average molecular weight is 402 g/mol. The molecular formula is C24H26N4O2. The Morgan fingerprint density at radius 2 is 2.00 bits per heavy atom. The molecule has 3 aromatic rings. The van der Waals surface area contributed by atoms with Gasteiger partial charge in [-0.2, -0.15) is 0 Å². The highest BCUT2D eigenvalue weighted by Gasteiger charge is 2.28. The maximum absolute atomic E-state index is 13.3. The molecule has 1 amide bonds. The van der Waals surface area contributed by atoms with Crippen LogP contribution in [0.2, 0.25) is 0 Å². The van der Waals surface area contributed by atoms with E-state index in [4.69, 9.17) is 9.72 Å². The van der Waals surface area contributed by atoms with E-state index in [-0.39, 0.29) is 11.9 Å². The molecule has 3 heterocycles. The Kier molecular flexibility index (Phi) is 5.43. The maximum Gasteiger partial charge on any atom is 0.252 e. The first-order valence-electron chi connectivity index (χ1n) is 10.7. The number of benzene rings is 1. The number of ether oxygens (including phenoxy) is 1. The zero-order valence-corrected chi connectivity index (χ0v) is 17.0. The molecule has 0 radical (unpaired) electrons. The minimum Gasteiger partial charge on any atom is -0.379 e. The van der Waals surface area contributed by atoms with Crippen molar-refractivity contribution < 1.29 is 9.53 Å². The molecule has 6 nitrogen and oxygen atoms in total. The van der Waals surface area contributed by atoms with Crippen LogP contribution >= 0.6 is 0 Å². The first kappa shape index (κ1) is 19.2. The molecule has 1 saturated heterocycles. The molecule has 5 rings (SSSR count). The van der Waals surface area contributed by atoms with Gasteiger partial charge in [-0.05, 0) is 36.6 Å². The number of nitrogens with zero attached hydrogens (tertiary/aromatic N) is 3. The van der Waals surface area contributed by atoms with Gasteiger partial charge in [-0.25, -0.2) is 0 Å². The van der Waals surface area contributed by atoms with Gasteiger partial charge in [0.05, 0.1) is 30.3 Å². The highest BCUT2D eigenvalue weighted by molar-refractivity contribution is 6.06. The second kappa shape index (κ2) is 8.50. The van der Waals surface area contributed by atoms with Crippen molar-refractivity contribution in [3.05, 3.63) is 71.7 Å². The number of amides is 1. The standard InChI is InChI=1S/C24H26N4O2/c29-24(20-14-22(17-7-8-17)27-21-6-2-1-5-19(20)21)26-16-23(18-4-3-9-25-15-18)28-10-12-30-13-11-28/h1-6,9,14-15,17,23H,7-8,10-13,16H2,(H,26,29)/t23-/m0/s1. The summed E-state index contributed by atoms with van der Waals surface area (Å²) in [7, 11) is 0. The van der Waals surface area contributed by atoms with E-state index in [1.165, 1.54) is 0 Å². The smallest absolute Gasteiger partial charge is 0.252 e. The van der Waals surface area contributed by atoms with Crippen molar-refractivity contribution >= 4 is 16.8 Å². The second-order valence-corrected chi connectivity index (χ2v) is 8.05. The van der Waals surface area contributed by atoms with Gasteiger partial charge in [-0.1, -0.05) is 24.3 Å². The quantitative estimate of drug-likeness (QED) is 0.685. The van der Waals surface area contributed by atoms with E-state index in [1.54, 1.807) is 6.20 Å². The molecule has 1 saturated carbocycles. The topological polar surface area (TPSA) is 67.4 Å². The van der Waals surface area contributed by atoms with Gasteiger partial charge >= 0.3 is 0 Å². The van der Waals surface area contributed by atoms with Crippen LogP contribution < -0.4 is 5.32 Å². The molecule has 1 aromatic carbocycles. The number of rotatable bonds is 6. The lowest BCUT2D eigenvalue weighted by atomic mass is 10.0. The largest absolute Gasteiger partial charge is 0.379 e. The van der Waals surface area contributed by atoms with Crippen molar-refractivity contribution in [1.29, 1.82) is 0 Å². The van der Waals surface area contributed by atoms with Crippen LogP contribution in [0.3, 0.4) is 0 Å². The van der Waals surface area contributed by atoms with Crippen LogP contribution in [0.4, 0.5) is 0 Å². The number of pyridine rings is 2. The first-order valence-corrected chi connectivity index (χ1v) is 10.7. The molecule has 2 fully saturated rings. The van der Waals surface area contributed by atoms with E-state index in [0.717, 1.165) is 53.7 Å². The van der Waals surface area contributed by atoms with Crippen LogP contribution in [0.25, 0.3) is 10.9 Å². The summed E-state index contributed by atoms with van der Waals surface area (Å²) in [5, 5.41) is 4.10. The van der Waals surface area contributed by atoms with Crippen molar-refractivity contribution in [2.75, 3.05) is 32.8 Å². The third kappa shape index (κ3) is 4.06. The average Bonchev–Trinajstić information content (AvgIpc) is 3.65. The molecule has 2 aromatic heterocycles. The Labute approximate surface area is 176 Å². The molecule has 30 heavy (non-hydrogen) atoms. The number of carbonyl (C=O) groups excluding carboxylic acids is 1. The van der Waals surface area contributed by atoms with Crippen LogP contribution in [0.15, 0.2) is 54.9 Å². The molecule has 6 heteroatoms. The lowest BCUT2D eigenvalue weighted by Gasteiger charge is -2.34. The third-order valence-electron chi connectivity index (χ3n) is 5.99. The number of hydrogen-bond donors (Lipinski definition) is 1. The van der Waals surface area contributed by atoms with E-state index < -0.39 is 0 Å². The molecule has 1 atom stereocenters. The number of hydrogen-bond acceptors (Lipinski definition) is 5. The summed E-state index contributed by atoms with van der Waals surface area (Å²) in [4.78, 5) is 24.7. The van der Waals surface area contributed by atoms with Crippen molar-refractivity contribution in [2.45, 2.75) is 24.8 Å². The Hall–Kier alpha value is -2.83. The Bertz CT molecular complexity index is 1030. The van der Waals surface area contributed by atoms with E-state index >= 15 is 0 Å². The van der Waals surface area contributed by atoms with Crippen LogP contribution in [-0.4, -0.2) is 53.6 Å². The fourth-order valence-corrected chi connectivity index (χ4v) is 4.18. The number of fused-ring (bicyclic) bond motifs is 1. The van der Waals surface area contributed by atoms with Gasteiger partial charge < -0.3 is 10.1 Å². The zero-order chi connectivity index (χ0) is 20.3. The van der Waals surface area contributed by atoms with Gasteiger partial charge in [-0.3, -0.25) is 19.7 Å². The Morgan fingerprint density at radius 3 is 2.77 bits per heavy atom. The highest BCUT2D eigenvalue weighted by atomic mass is 16.5. The molecule has 1 aliphatic heterocycles. The number of carbonyl (C=O) groups is 1. The molecule has 0 unspecified atom stereocenters. The Balaban J connectivity index is 1.40. The van der Waals surface area contributed by atoms with E-state index in [2.05, 4.69) is 21.3 Å². The predicted octanol–water partition coefficient (Wildman–Crippen LogP) is 3.31. The number of morpholine rings is 1. The summed E-state index contributed by atoms with van der Waals surface area (Å²) < 4.78 is 5.52. The van der Waals surface area contributed by atoms with Crippen molar-refractivity contribution in [1.82, 2.24) is 20.2 Å². The van der Waals surface area contributed by atoms with Crippen LogP contribution in [0, 0.1) is 0 Å². The first-order chi connectivity index (χ1) is 14.8. The maximum atomic E-state index is 13.3. The Morgan fingerprint density at radius 1 is 1.17 bits per heavy atom. The molecule has 2 aliphatic rings. The van der Waals surface area contributed by atoms with Gasteiger partial charge in [0.1, 0.15) is 0 Å². The molecular weight excluding hydrogens is 376 g/mol. The molecule has 1 N–H and O–H groups in total. The van der Waals surface area contributed by atoms with Crippen LogP contribution in [-0.2, 0) is 4.74 Å². The summed E-state index contributed by atoms with van der Waals surface area (Å²) in [6.45, 7) is 3.65. The van der Waals surface area contributed by atoms with Gasteiger partial charge in [0.15, 0.2) is 0 Å². The van der Waals surface area contributed by atoms with Crippen LogP contribution in [0.1, 0.15) is 46.4 Å². The zero-order valence-electron chi connectivity index (χ0n) is 17.0. The summed E-state index contributed by atoms with van der Waals surface area (Å²) in [6, 6.07) is 14.0. The second-order valence-electron chi connectivity index (χ2n) is 8.05. The monoisotopic (exact) mass is 402 g/mol. The van der Waals surface area contributed by atoms with E-state index in [0.29, 0.717) is 25.7 Å². The van der Waals surface area contributed by atoms with Gasteiger partial charge in [0.25, 0.3) is 5.91 Å². The fraction of sp³-hybridized carbons (Fsp3) is 0.375. The van der Waals surface area contributed by atoms with E-state index in [1.807, 2.05) is 42.6 Å². The van der Waals surface area contributed by atoms with Crippen molar-refractivity contribution in [2.24, 2.45) is 0 Å². The lowest BCUT2D eigenvalue weighted by molar-refractivity contribution is 0.0161. The lowest BCUT2D eigenvalue weighted by Crippen LogP contribution is -2.43. The summed E-state index contributed by atoms with van der Waals surface area (Å²) >= 11 is 0. The number of nitrogens with one attached hydrogen (secondary N) is 1. The fourth-order valence-electron chi connectivity index (χ4n) is 4.18. The normalized spacial score (nSPS) is 18.3. The summed E-state index contributed by atoms with van der Waals surface area (Å²) in [6.07, 6.45) is 5.99. The molecule has 1 aliphatic carbocycles. The summed E-state index contributed by atoms with van der Waals surface area (Å²) in [5.41, 5.74) is 3.76. The van der Waals surface area contributed by atoms with Crippen molar-refractivity contribution in [3.8, 4) is 0 Å². The van der Waals surface area contributed by atoms with Crippen molar-refractivity contribution in [3.63, 3.8) is 0 Å². The molecule has 0 bridgehead atoms. The number of aromatic nitrogens is 2. The van der Waals surface area contributed by atoms with Gasteiger partial charge in [-0.15, -0.1) is 0 Å². The summed E-state index contributed by atoms with van der Waals surface area (Å²) in [5.74, 6) is 0.454. The predicted molar refractivity (Wildman–Crippen MR) is 115 cm³/mol. The SMILES string of the molecule is O=C(NC[C@@H](c1cccnc1)N1CCOCC1)c1cc(C2CC2)nc2ccccc12. The minimum atomic E-state index is -0.0438. The third-order valence-corrected chi connectivity index (χ3v) is 5.99. The van der Waals surface area contributed by atoms with Gasteiger partial charge in [0.2, 0.25) is 0 Å². The highest BCUT2D eigenvalue weighted by Crippen LogP contribution is 2.40. The van der Waals surface area contributed by atoms with Crippen LogP contribution in [0.5, 0.6) is 0 Å². The minimum absolute atomic E-state index is 0.0438. The molecule has 154 valence electrons. The molecule has 0 spiro atoms. The van der Waals surface area contributed by atoms with E-state index in [9.17, 15) is 4.79 Å². The number of para-hydroxylation sites is 1. The van der Waals surface area contributed by atoms with Gasteiger partial charge in [0, 0.05) is 49.0 Å².